The molecule has 0 unspecified atom stereocenters. The first kappa shape index (κ1) is 25.4. The fraction of sp³-hybridized carbons (Fsp3) is 0.143. The molecule has 1 heterocycles. The Bertz CT molecular complexity index is 1150. The van der Waals surface area contributed by atoms with Gasteiger partial charge in [-0.15, -0.1) is 0 Å². The predicted molar refractivity (Wildman–Crippen MR) is 137 cm³/mol. The monoisotopic (exact) mass is 696 g/mol. The number of anilines is 1. The van der Waals surface area contributed by atoms with Crippen molar-refractivity contribution < 1.29 is 33.0 Å². The molecule has 0 atom stereocenters. The number of amides is 3. The quantitative estimate of drug-likeness (QED) is 0.263. The highest BCUT2D eigenvalue weighted by Crippen LogP contribution is 2.34. The minimum atomic E-state index is -0.625. The number of esters is 1. The summed E-state index contributed by atoms with van der Waals surface area (Å²) in [5.74, 6) is -1.76. The first-order valence-corrected chi connectivity index (χ1v) is 12.1. The molecule has 1 fully saturated rings. The molecule has 3 rings (SSSR count). The van der Waals surface area contributed by atoms with E-state index >= 15 is 0 Å². The van der Waals surface area contributed by atoms with Gasteiger partial charge in [-0.25, -0.2) is 9.18 Å². The summed E-state index contributed by atoms with van der Waals surface area (Å²) in [6.07, 6.45) is 1.55. The van der Waals surface area contributed by atoms with E-state index in [2.05, 4.69) is 10.1 Å². The standard InChI is InChI=1S/C21H15FI2N2O6S/c1-31-18(28)10-32-19-14(23)5-11(6-15(19)24)7-16-20(29)26(21(30)33-16)9-17(27)25-13-4-2-3-12(22)8-13/h2-8H,9-10H2,1H3,(H,25,27)/b16-7+. The fourth-order valence-electron chi connectivity index (χ4n) is 2.69. The summed E-state index contributed by atoms with van der Waals surface area (Å²) in [7, 11) is 1.27. The van der Waals surface area contributed by atoms with Gasteiger partial charge >= 0.3 is 5.97 Å². The van der Waals surface area contributed by atoms with Crippen LogP contribution in [0.3, 0.4) is 0 Å². The Labute approximate surface area is 219 Å². The fourth-order valence-corrected chi connectivity index (χ4v) is 5.65. The summed E-state index contributed by atoms with van der Waals surface area (Å²) >= 11 is 4.80. The molecule has 8 nitrogen and oxygen atoms in total. The topological polar surface area (TPSA) is 102 Å². The number of halogens is 3. The molecule has 172 valence electrons. The first-order chi connectivity index (χ1) is 15.7. The minimum Gasteiger partial charge on any atom is -0.480 e. The van der Waals surface area contributed by atoms with Crippen LogP contribution in [0.2, 0.25) is 0 Å². The summed E-state index contributed by atoms with van der Waals surface area (Å²) < 4.78 is 24.7. The molecular formula is C21H15FI2N2O6S. The lowest BCUT2D eigenvalue weighted by atomic mass is 10.2. The van der Waals surface area contributed by atoms with Gasteiger partial charge in [-0.3, -0.25) is 19.3 Å². The van der Waals surface area contributed by atoms with Gasteiger partial charge in [0.1, 0.15) is 18.1 Å². The van der Waals surface area contributed by atoms with E-state index in [1.165, 1.54) is 25.3 Å². The van der Waals surface area contributed by atoms with Crippen LogP contribution < -0.4 is 10.1 Å². The lowest BCUT2D eigenvalue weighted by Crippen LogP contribution is -2.36. The van der Waals surface area contributed by atoms with Gasteiger partial charge in [0.25, 0.3) is 11.1 Å². The second-order valence-corrected chi connectivity index (χ2v) is 9.82. The highest BCUT2D eigenvalue weighted by molar-refractivity contribution is 14.1. The van der Waals surface area contributed by atoms with Crippen molar-refractivity contribution >= 4 is 91.7 Å². The van der Waals surface area contributed by atoms with Gasteiger partial charge < -0.3 is 14.8 Å². The maximum Gasteiger partial charge on any atom is 0.343 e. The van der Waals surface area contributed by atoms with Crippen molar-refractivity contribution in [2.45, 2.75) is 0 Å². The van der Waals surface area contributed by atoms with Crippen molar-refractivity contribution in [2.75, 3.05) is 25.6 Å². The van der Waals surface area contributed by atoms with Crippen LogP contribution in [0.1, 0.15) is 5.56 Å². The number of ether oxygens (including phenoxy) is 2. The SMILES string of the molecule is COC(=O)COc1c(I)cc(/C=C2/SC(=O)N(CC(=O)Nc3cccc(F)c3)C2=O)cc1I. The average molecular weight is 696 g/mol. The van der Waals surface area contributed by atoms with E-state index in [4.69, 9.17) is 4.74 Å². The molecular weight excluding hydrogens is 681 g/mol. The van der Waals surface area contributed by atoms with Crippen molar-refractivity contribution in [2.24, 2.45) is 0 Å². The van der Waals surface area contributed by atoms with E-state index in [0.29, 0.717) is 18.5 Å². The van der Waals surface area contributed by atoms with Gasteiger partial charge in [0.2, 0.25) is 5.91 Å². The second-order valence-electron chi connectivity index (χ2n) is 6.50. The molecule has 3 amide bonds. The third-order valence-electron chi connectivity index (χ3n) is 4.16. The average Bonchev–Trinajstić information content (AvgIpc) is 3.00. The normalized spacial score (nSPS) is 14.5. The molecule has 0 aliphatic carbocycles. The Morgan fingerprint density at radius 3 is 2.52 bits per heavy atom. The van der Waals surface area contributed by atoms with Crippen LogP contribution >= 0.6 is 56.9 Å². The van der Waals surface area contributed by atoms with E-state index in [-0.39, 0.29) is 17.2 Å². The maximum absolute atomic E-state index is 13.3. The van der Waals surface area contributed by atoms with Crippen molar-refractivity contribution in [3.05, 3.63) is 59.8 Å². The Morgan fingerprint density at radius 1 is 1.18 bits per heavy atom. The van der Waals surface area contributed by atoms with Crippen LogP contribution in [0.4, 0.5) is 14.9 Å². The van der Waals surface area contributed by atoms with Crippen LogP contribution in [0.15, 0.2) is 41.3 Å². The smallest absolute Gasteiger partial charge is 0.343 e. The molecule has 1 aliphatic heterocycles. The van der Waals surface area contributed by atoms with Crippen molar-refractivity contribution in [1.82, 2.24) is 4.90 Å². The zero-order valence-corrected chi connectivity index (χ0v) is 22.0. The number of hydrogen-bond donors (Lipinski definition) is 1. The molecule has 33 heavy (non-hydrogen) atoms. The number of hydrogen-bond acceptors (Lipinski definition) is 7. The molecule has 1 saturated heterocycles. The minimum absolute atomic E-state index is 0.161. The molecule has 0 spiro atoms. The third kappa shape index (κ3) is 6.66. The van der Waals surface area contributed by atoms with E-state index < -0.39 is 35.4 Å². The molecule has 0 saturated carbocycles. The molecule has 1 aliphatic rings. The van der Waals surface area contributed by atoms with E-state index in [1.54, 1.807) is 18.2 Å². The number of benzene rings is 2. The highest BCUT2D eigenvalue weighted by Gasteiger charge is 2.36. The third-order valence-corrected chi connectivity index (χ3v) is 6.67. The van der Waals surface area contributed by atoms with Gasteiger partial charge in [0, 0.05) is 5.69 Å². The number of rotatable bonds is 7. The summed E-state index contributed by atoms with van der Waals surface area (Å²) in [5.41, 5.74) is 0.866. The molecule has 0 aromatic heterocycles. The molecule has 12 heteroatoms. The first-order valence-electron chi connectivity index (χ1n) is 9.17. The van der Waals surface area contributed by atoms with Gasteiger partial charge in [0.15, 0.2) is 6.61 Å². The summed E-state index contributed by atoms with van der Waals surface area (Å²) in [5, 5.41) is 1.88. The number of nitrogens with one attached hydrogen (secondary N) is 1. The number of nitrogens with zero attached hydrogens (tertiary/aromatic N) is 1. The number of carbonyl (C=O) groups excluding carboxylic acids is 4. The molecule has 2 aromatic rings. The molecule has 0 radical (unpaired) electrons. The van der Waals surface area contributed by atoms with Gasteiger partial charge in [-0.1, -0.05) is 6.07 Å². The van der Waals surface area contributed by atoms with E-state index in [9.17, 15) is 23.6 Å². The number of thioether (sulfide) groups is 1. The zero-order valence-electron chi connectivity index (χ0n) is 16.9. The van der Waals surface area contributed by atoms with E-state index in [1.807, 2.05) is 45.2 Å². The van der Waals surface area contributed by atoms with Crippen LogP contribution in [-0.4, -0.2) is 48.2 Å². The van der Waals surface area contributed by atoms with Crippen LogP contribution in [-0.2, 0) is 19.1 Å². The zero-order chi connectivity index (χ0) is 24.1. The maximum atomic E-state index is 13.3. The largest absolute Gasteiger partial charge is 0.480 e. The molecule has 2 aromatic carbocycles. The second kappa shape index (κ2) is 11.3. The Morgan fingerprint density at radius 2 is 1.88 bits per heavy atom. The van der Waals surface area contributed by atoms with Crippen molar-refractivity contribution in [1.29, 1.82) is 0 Å². The van der Waals surface area contributed by atoms with Gasteiger partial charge in [-0.05, 0) is 98.9 Å². The van der Waals surface area contributed by atoms with Gasteiger partial charge in [-0.2, -0.15) is 0 Å². The molecule has 0 bridgehead atoms. The summed E-state index contributed by atoms with van der Waals surface area (Å²) in [6, 6.07) is 8.77. The number of imide groups is 1. The van der Waals surface area contributed by atoms with Gasteiger partial charge in [0.05, 0.1) is 19.2 Å². The number of methoxy groups -OCH3 is 1. The van der Waals surface area contributed by atoms with Crippen LogP contribution in [0, 0.1) is 13.0 Å². The number of carbonyl (C=O) groups is 4. The van der Waals surface area contributed by atoms with Crippen molar-refractivity contribution in [3.63, 3.8) is 0 Å². The lowest BCUT2D eigenvalue weighted by Gasteiger charge is -2.12. The summed E-state index contributed by atoms with van der Waals surface area (Å²) in [6.45, 7) is -0.730. The van der Waals surface area contributed by atoms with Crippen LogP contribution in [0.5, 0.6) is 5.75 Å². The highest BCUT2D eigenvalue weighted by atomic mass is 127. The van der Waals surface area contributed by atoms with Crippen molar-refractivity contribution in [3.8, 4) is 5.75 Å². The lowest BCUT2D eigenvalue weighted by molar-refractivity contribution is -0.143. The Hall–Kier alpha value is -2.20. The predicted octanol–water partition coefficient (Wildman–Crippen LogP) is 4.26. The summed E-state index contributed by atoms with van der Waals surface area (Å²) in [4.78, 5) is 49.6. The Balaban J connectivity index is 1.71. The Kier molecular flexibility index (Phi) is 8.69. The van der Waals surface area contributed by atoms with Crippen LogP contribution in [0.25, 0.3) is 6.08 Å². The van der Waals surface area contributed by atoms with E-state index in [0.717, 1.165) is 22.7 Å². The molecule has 1 N–H and O–H groups in total.